The molecule has 0 aliphatic carbocycles. The molecule has 26 heavy (non-hydrogen) atoms. The van der Waals surface area contributed by atoms with Crippen LogP contribution in [0.15, 0.2) is 66.7 Å². The average molecular weight is 346 g/mol. The van der Waals surface area contributed by atoms with Gasteiger partial charge in [0.2, 0.25) is 0 Å². The van der Waals surface area contributed by atoms with Crippen molar-refractivity contribution in [3.05, 3.63) is 78.0 Å². The smallest absolute Gasteiger partial charge is 0.125 e. The van der Waals surface area contributed by atoms with Crippen LogP contribution in [0.3, 0.4) is 0 Å². The van der Waals surface area contributed by atoms with E-state index >= 15 is 0 Å². The molecule has 0 saturated carbocycles. The molecule has 1 aliphatic rings. The quantitative estimate of drug-likeness (QED) is 0.639. The van der Waals surface area contributed by atoms with Crippen LogP contribution in [0.25, 0.3) is 10.9 Å². The van der Waals surface area contributed by atoms with Crippen molar-refractivity contribution in [2.24, 2.45) is 0 Å². The van der Waals surface area contributed by atoms with Crippen LogP contribution < -0.4 is 0 Å². The van der Waals surface area contributed by atoms with E-state index < -0.39 is 0 Å². The number of benzene rings is 2. The topological polar surface area (TPSA) is 25.4 Å². The third-order valence-corrected chi connectivity index (χ3v) is 5.13. The van der Waals surface area contributed by atoms with Gasteiger partial charge in [-0.05, 0) is 43.6 Å². The Bertz CT molecular complexity index is 828. The zero-order chi connectivity index (χ0) is 17.6. The summed E-state index contributed by atoms with van der Waals surface area (Å²) in [7, 11) is 0. The van der Waals surface area contributed by atoms with Gasteiger partial charge < -0.3 is 9.64 Å². The van der Waals surface area contributed by atoms with E-state index in [0.29, 0.717) is 0 Å². The maximum Gasteiger partial charge on any atom is 0.125 e. The molecule has 1 unspecified atom stereocenters. The summed E-state index contributed by atoms with van der Waals surface area (Å²) in [4.78, 5) is 7.39. The predicted octanol–water partition coefficient (Wildman–Crippen LogP) is 4.83. The highest BCUT2D eigenvalue weighted by Gasteiger charge is 2.18. The zero-order valence-electron chi connectivity index (χ0n) is 15.2. The molecule has 1 saturated heterocycles. The summed E-state index contributed by atoms with van der Waals surface area (Å²) in [5.41, 5.74) is 3.16. The van der Waals surface area contributed by atoms with Crippen molar-refractivity contribution in [1.82, 2.24) is 9.88 Å². The molecule has 3 nitrogen and oxygen atoms in total. The van der Waals surface area contributed by atoms with Gasteiger partial charge in [0.15, 0.2) is 0 Å². The lowest BCUT2D eigenvalue weighted by Gasteiger charge is -2.27. The molecule has 0 N–H and O–H groups in total. The van der Waals surface area contributed by atoms with Crippen molar-refractivity contribution >= 4 is 10.9 Å². The molecular formula is C23H26N2O. The lowest BCUT2D eigenvalue weighted by Crippen LogP contribution is -2.33. The Kier molecular flexibility index (Phi) is 5.58. The summed E-state index contributed by atoms with van der Waals surface area (Å²) >= 11 is 0. The van der Waals surface area contributed by atoms with Gasteiger partial charge >= 0.3 is 0 Å². The van der Waals surface area contributed by atoms with Gasteiger partial charge in [0.25, 0.3) is 0 Å². The van der Waals surface area contributed by atoms with E-state index in [1.54, 1.807) is 0 Å². The van der Waals surface area contributed by atoms with E-state index in [0.717, 1.165) is 35.3 Å². The van der Waals surface area contributed by atoms with E-state index in [4.69, 9.17) is 9.72 Å². The lowest BCUT2D eigenvalue weighted by molar-refractivity contribution is 0.0537. The van der Waals surface area contributed by atoms with Crippen LogP contribution in [0.4, 0.5) is 0 Å². The Balaban J connectivity index is 1.53. The fourth-order valence-electron chi connectivity index (χ4n) is 3.69. The summed E-state index contributed by atoms with van der Waals surface area (Å²) in [6.07, 6.45) is 3.87. The van der Waals surface area contributed by atoms with Gasteiger partial charge in [-0.3, -0.25) is 0 Å². The van der Waals surface area contributed by atoms with E-state index in [2.05, 4.69) is 53.4 Å². The van der Waals surface area contributed by atoms with Gasteiger partial charge in [-0.15, -0.1) is 0 Å². The molecule has 2 aromatic carbocycles. The number of pyridine rings is 1. The van der Waals surface area contributed by atoms with E-state index in [9.17, 15) is 0 Å². The minimum absolute atomic E-state index is 0.120. The average Bonchev–Trinajstić information content (AvgIpc) is 2.72. The number of likely N-dealkylation sites (tertiary alicyclic amines) is 1. The van der Waals surface area contributed by atoms with E-state index in [1.807, 2.05) is 18.2 Å². The van der Waals surface area contributed by atoms with Gasteiger partial charge in [-0.2, -0.15) is 0 Å². The van der Waals surface area contributed by atoms with Crippen molar-refractivity contribution in [2.45, 2.75) is 25.4 Å². The number of fused-ring (bicyclic) bond motifs is 1. The second-order valence-electron chi connectivity index (χ2n) is 6.99. The van der Waals surface area contributed by atoms with Crippen molar-refractivity contribution in [2.75, 3.05) is 26.2 Å². The Morgan fingerprint density at radius 3 is 2.46 bits per heavy atom. The SMILES string of the molecule is c1ccc(C(OCCN2CCCCC2)c2ccc3ccccc3n2)cc1. The maximum absolute atomic E-state index is 6.36. The number of hydrogen-bond donors (Lipinski definition) is 0. The standard InChI is InChI=1S/C23H26N2O/c1-3-10-20(11-4-1)23(26-18-17-25-15-7-2-8-16-25)22-14-13-19-9-5-6-12-21(19)24-22/h1,3-6,9-14,23H,2,7-8,15-18H2. The zero-order valence-corrected chi connectivity index (χ0v) is 15.2. The highest BCUT2D eigenvalue weighted by atomic mass is 16.5. The van der Waals surface area contributed by atoms with Crippen molar-refractivity contribution in [3.63, 3.8) is 0 Å². The highest BCUT2D eigenvalue weighted by molar-refractivity contribution is 5.78. The Morgan fingerprint density at radius 2 is 1.62 bits per heavy atom. The molecule has 0 amide bonds. The number of nitrogens with zero attached hydrogens (tertiary/aromatic N) is 2. The molecule has 1 aliphatic heterocycles. The monoisotopic (exact) mass is 346 g/mol. The summed E-state index contributed by atoms with van der Waals surface area (Å²) in [6.45, 7) is 4.13. The number of rotatable bonds is 6. The van der Waals surface area contributed by atoms with Crippen molar-refractivity contribution < 1.29 is 4.74 Å². The molecule has 0 bridgehead atoms. The van der Waals surface area contributed by atoms with Gasteiger partial charge in [0.1, 0.15) is 6.10 Å². The first-order valence-electron chi connectivity index (χ1n) is 9.65. The highest BCUT2D eigenvalue weighted by Crippen LogP contribution is 2.26. The molecule has 1 fully saturated rings. The number of aromatic nitrogens is 1. The number of ether oxygens (including phenoxy) is 1. The molecule has 1 atom stereocenters. The number of piperidine rings is 1. The molecule has 2 heterocycles. The van der Waals surface area contributed by atoms with Crippen LogP contribution in [0, 0.1) is 0 Å². The fourth-order valence-corrected chi connectivity index (χ4v) is 3.69. The molecule has 4 rings (SSSR count). The summed E-state index contributed by atoms with van der Waals surface area (Å²) in [6, 6.07) is 22.9. The summed E-state index contributed by atoms with van der Waals surface area (Å²) in [5.74, 6) is 0. The minimum Gasteiger partial charge on any atom is -0.366 e. The molecule has 1 aromatic heterocycles. The maximum atomic E-state index is 6.36. The summed E-state index contributed by atoms with van der Waals surface area (Å²) in [5, 5.41) is 1.16. The number of hydrogen-bond acceptors (Lipinski definition) is 3. The lowest BCUT2D eigenvalue weighted by atomic mass is 10.0. The van der Waals surface area contributed by atoms with Crippen LogP contribution in [0.2, 0.25) is 0 Å². The molecule has 0 radical (unpaired) electrons. The molecule has 134 valence electrons. The normalized spacial score (nSPS) is 16.6. The third kappa shape index (κ3) is 4.12. The Morgan fingerprint density at radius 1 is 0.846 bits per heavy atom. The van der Waals surface area contributed by atoms with Gasteiger partial charge in [-0.1, -0.05) is 61.0 Å². The molecular weight excluding hydrogens is 320 g/mol. The van der Waals surface area contributed by atoms with Crippen LogP contribution in [0.5, 0.6) is 0 Å². The van der Waals surface area contributed by atoms with Gasteiger partial charge in [0, 0.05) is 11.9 Å². The van der Waals surface area contributed by atoms with Crippen LogP contribution >= 0.6 is 0 Å². The van der Waals surface area contributed by atoms with Crippen LogP contribution in [0.1, 0.15) is 36.6 Å². The third-order valence-electron chi connectivity index (χ3n) is 5.13. The largest absolute Gasteiger partial charge is 0.366 e. The van der Waals surface area contributed by atoms with Crippen molar-refractivity contribution in [3.8, 4) is 0 Å². The van der Waals surface area contributed by atoms with Gasteiger partial charge in [0.05, 0.1) is 17.8 Å². The van der Waals surface area contributed by atoms with Gasteiger partial charge in [-0.25, -0.2) is 4.98 Å². The first-order chi connectivity index (χ1) is 12.9. The molecule has 3 heteroatoms. The van der Waals surface area contributed by atoms with Crippen LogP contribution in [-0.2, 0) is 4.74 Å². The first-order valence-corrected chi connectivity index (χ1v) is 9.65. The molecule has 3 aromatic rings. The second-order valence-corrected chi connectivity index (χ2v) is 6.99. The first kappa shape index (κ1) is 17.2. The van der Waals surface area contributed by atoms with Crippen LogP contribution in [-0.4, -0.2) is 36.1 Å². The van der Waals surface area contributed by atoms with E-state index in [1.165, 1.54) is 32.4 Å². The Hall–Kier alpha value is -2.23. The Labute approximate surface area is 155 Å². The minimum atomic E-state index is -0.120. The molecule has 0 spiro atoms. The predicted molar refractivity (Wildman–Crippen MR) is 106 cm³/mol. The number of para-hydroxylation sites is 1. The van der Waals surface area contributed by atoms with Crippen molar-refractivity contribution in [1.29, 1.82) is 0 Å². The summed E-state index contributed by atoms with van der Waals surface area (Å²) < 4.78 is 6.36. The second kappa shape index (κ2) is 8.43. The fraction of sp³-hybridized carbons (Fsp3) is 0.348. The van der Waals surface area contributed by atoms with E-state index in [-0.39, 0.29) is 6.10 Å².